The van der Waals surface area contributed by atoms with Crippen LogP contribution in [-0.4, -0.2) is 31.2 Å². The van der Waals surface area contributed by atoms with Crippen LogP contribution in [-0.2, 0) is 0 Å². The van der Waals surface area contributed by atoms with Gasteiger partial charge in [-0.3, -0.25) is 4.99 Å². The highest BCUT2D eigenvalue weighted by atomic mass is 127. The van der Waals surface area contributed by atoms with E-state index in [1.165, 1.54) is 12.8 Å². The van der Waals surface area contributed by atoms with Gasteiger partial charge in [-0.1, -0.05) is 23.2 Å². The van der Waals surface area contributed by atoms with Gasteiger partial charge < -0.3 is 15.7 Å². The third-order valence-corrected chi connectivity index (χ3v) is 3.65. The molecule has 0 bridgehead atoms. The van der Waals surface area contributed by atoms with E-state index in [1.54, 1.807) is 25.2 Å². The minimum absolute atomic E-state index is 0. The molecule has 1 aliphatic carbocycles. The van der Waals surface area contributed by atoms with Gasteiger partial charge in [0, 0.05) is 30.2 Å². The zero-order chi connectivity index (χ0) is 14.5. The summed E-state index contributed by atoms with van der Waals surface area (Å²) in [7, 11) is 1.71. The van der Waals surface area contributed by atoms with Crippen molar-refractivity contribution >= 4 is 53.1 Å². The smallest absolute Gasteiger partial charge is 0.191 e. The average molecular weight is 444 g/mol. The lowest BCUT2D eigenvalue weighted by molar-refractivity contribution is 0.181. The Hall–Kier alpha value is -0.240. The molecular formula is C14H20Cl2IN3O. The van der Waals surface area contributed by atoms with Crippen LogP contribution in [0.15, 0.2) is 23.2 Å². The van der Waals surface area contributed by atoms with Crippen molar-refractivity contribution in [3.63, 3.8) is 0 Å². The van der Waals surface area contributed by atoms with Gasteiger partial charge in [0.25, 0.3) is 0 Å². The van der Waals surface area contributed by atoms with Crippen LogP contribution >= 0.6 is 47.2 Å². The van der Waals surface area contributed by atoms with Gasteiger partial charge in [-0.15, -0.1) is 24.0 Å². The average Bonchev–Trinajstić information content (AvgIpc) is 3.21. The van der Waals surface area contributed by atoms with Crippen LogP contribution in [0.3, 0.4) is 0 Å². The monoisotopic (exact) mass is 443 g/mol. The molecule has 3 N–H and O–H groups in total. The van der Waals surface area contributed by atoms with Crippen LogP contribution in [0.5, 0.6) is 0 Å². The summed E-state index contributed by atoms with van der Waals surface area (Å²) < 4.78 is 0. The topological polar surface area (TPSA) is 56.7 Å². The molecule has 1 fully saturated rings. The van der Waals surface area contributed by atoms with Crippen LogP contribution in [0.25, 0.3) is 0 Å². The molecule has 1 aromatic rings. The van der Waals surface area contributed by atoms with Crippen LogP contribution in [0.4, 0.5) is 0 Å². The van der Waals surface area contributed by atoms with Gasteiger partial charge in [0.15, 0.2) is 5.96 Å². The molecule has 0 aliphatic heterocycles. The van der Waals surface area contributed by atoms with Crippen LogP contribution in [0.2, 0.25) is 10.0 Å². The van der Waals surface area contributed by atoms with Gasteiger partial charge in [0.1, 0.15) is 0 Å². The lowest BCUT2D eigenvalue weighted by atomic mass is 10.1. The van der Waals surface area contributed by atoms with E-state index in [4.69, 9.17) is 23.2 Å². The molecule has 0 saturated heterocycles. The van der Waals surface area contributed by atoms with Crippen molar-refractivity contribution < 1.29 is 5.11 Å². The van der Waals surface area contributed by atoms with Gasteiger partial charge in [0.2, 0.25) is 0 Å². The normalized spacial score (nSPS) is 16.1. The van der Waals surface area contributed by atoms with E-state index in [1.807, 2.05) is 0 Å². The quantitative estimate of drug-likeness (QED) is 0.372. The van der Waals surface area contributed by atoms with Crippen molar-refractivity contribution in [3.8, 4) is 0 Å². The third-order valence-electron chi connectivity index (χ3n) is 3.21. The summed E-state index contributed by atoms with van der Waals surface area (Å²) in [5.41, 5.74) is 0.688. The Morgan fingerprint density at radius 2 is 1.90 bits per heavy atom. The van der Waals surface area contributed by atoms with E-state index >= 15 is 0 Å². The number of aliphatic hydroxyl groups excluding tert-OH is 1. The third kappa shape index (κ3) is 6.59. The van der Waals surface area contributed by atoms with E-state index in [0.29, 0.717) is 28.1 Å². The molecule has 2 rings (SSSR count). The van der Waals surface area contributed by atoms with E-state index in [2.05, 4.69) is 15.6 Å². The number of benzene rings is 1. The molecule has 0 heterocycles. The first kappa shape index (κ1) is 18.8. The van der Waals surface area contributed by atoms with Crippen LogP contribution < -0.4 is 10.6 Å². The second-order valence-corrected chi connectivity index (χ2v) is 5.87. The lowest BCUT2D eigenvalue weighted by Crippen LogP contribution is -2.40. The van der Waals surface area contributed by atoms with Gasteiger partial charge in [-0.2, -0.15) is 0 Å². The molecule has 1 saturated carbocycles. The van der Waals surface area contributed by atoms with Crippen molar-refractivity contribution in [1.82, 2.24) is 10.6 Å². The summed E-state index contributed by atoms with van der Waals surface area (Å²) in [4.78, 5) is 4.12. The molecule has 21 heavy (non-hydrogen) atoms. The first-order valence-corrected chi connectivity index (χ1v) is 7.42. The Kier molecular flexibility index (Phi) is 8.08. The SMILES string of the molecule is CN=C(NCC1CC1)NCC(O)c1cc(Cl)cc(Cl)c1.I. The largest absolute Gasteiger partial charge is 0.387 e. The second kappa shape index (κ2) is 9.02. The van der Waals surface area contributed by atoms with Crippen molar-refractivity contribution in [1.29, 1.82) is 0 Å². The number of guanidine groups is 1. The number of aliphatic hydroxyl groups is 1. The Morgan fingerprint density at radius 1 is 1.29 bits per heavy atom. The summed E-state index contributed by atoms with van der Waals surface area (Å²) in [6.45, 7) is 1.28. The number of nitrogens with one attached hydrogen (secondary N) is 2. The summed E-state index contributed by atoms with van der Waals surface area (Å²) >= 11 is 11.8. The first-order chi connectivity index (χ1) is 9.58. The number of halogens is 3. The molecule has 4 nitrogen and oxygen atoms in total. The highest BCUT2D eigenvalue weighted by molar-refractivity contribution is 14.0. The maximum absolute atomic E-state index is 10.1. The molecular weight excluding hydrogens is 424 g/mol. The highest BCUT2D eigenvalue weighted by Gasteiger charge is 2.21. The molecule has 1 unspecified atom stereocenters. The number of rotatable bonds is 5. The predicted molar refractivity (Wildman–Crippen MR) is 98.9 cm³/mol. The maximum Gasteiger partial charge on any atom is 0.191 e. The molecule has 1 atom stereocenters. The van der Waals surface area contributed by atoms with Crippen molar-refractivity contribution in [2.75, 3.05) is 20.1 Å². The Bertz CT molecular complexity index is 475. The molecule has 118 valence electrons. The fourth-order valence-corrected chi connectivity index (χ4v) is 2.41. The summed E-state index contributed by atoms with van der Waals surface area (Å²) in [6.07, 6.45) is 1.88. The van der Waals surface area contributed by atoms with Gasteiger partial charge in [-0.25, -0.2) is 0 Å². The number of hydrogen-bond acceptors (Lipinski definition) is 2. The van der Waals surface area contributed by atoms with Gasteiger partial charge >= 0.3 is 0 Å². The number of hydrogen-bond donors (Lipinski definition) is 3. The minimum Gasteiger partial charge on any atom is -0.387 e. The van der Waals surface area contributed by atoms with Crippen molar-refractivity contribution in [3.05, 3.63) is 33.8 Å². The fraction of sp³-hybridized carbons (Fsp3) is 0.500. The molecule has 0 radical (unpaired) electrons. The Labute approximate surface area is 152 Å². The first-order valence-electron chi connectivity index (χ1n) is 6.67. The standard InChI is InChI=1S/C14H19Cl2N3O.HI/c1-17-14(18-7-9-2-3-9)19-8-13(20)10-4-11(15)6-12(16)5-10;/h4-6,9,13,20H,2-3,7-8H2,1H3,(H2,17,18,19);1H. The van der Waals surface area contributed by atoms with E-state index in [-0.39, 0.29) is 24.0 Å². The van der Waals surface area contributed by atoms with E-state index in [0.717, 1.165) is 12.5 Å². The van der Waals surface area contributed by atoms with Crippen LogP contribution in [0.1, 0.15) is 24.5 Å². The molecule has 0 spiro atoms. The lowest BCUT2D eigenvalue weighted by Gasteiger charge is -2.16. The fourth-order valence-electron chi connectivity index (χ4n) is 1.86. The predicted octanol–water partition coefficient (Wildman–Crippen LogP) is 3.22. The van der Waals surface area contributed by atoms with E-state index in [9.17, 15) is 5.11 Å². The number of nitrogens with zero attached hydrogens (tertiary/aromatic N) is 1. The minimum atomic E-state index is -0.689. The van der Waals surface area contributed by atoms with Gasteiger partial charge in [0.05, 0.1) is 6.10 Å². The van der Waals surface area contributed by atoms with Gasteiger partial charge in [-0.05, 0) is 42.5 Å². The molecule has 0 aromatic heterocycles. The second-order valence-electron chi connectivity index (χ2n) is 5.00. The zero-order valence-corrected chi connectivity index (χ0v) is 15.6. The Morgan fingerprint density at radius 3 is 2.43 bits per heavy atom. The highest BCUT2D eigenvalue weighted by Crippen LogP contribution is 2.27. The zero-order valence-electron chi connectivity index (χ0n) is 11.8. The summed E-state index contributed by atoms with van der Waals surface area (Å²) in [5, 5.41) is 17.5. The van der Waals surface area contributed by atoms with E-state index < -0.39 is 6.10 Å². The summed E-state index contributed by atoms with van der Waals surface area (Å²) in [6, 6.07) is 5.06. The summed E-state index contributed by atoms with van der Waals surface area (Å²) in [5.74, 6) is 1.47. The number of aliphatic imine (C=N–C) groups is 1. The molecule has 1 aromatic carbocycles. The maximum atomic E-state index is 10.1. The Balaban J connectivity index is 0.00000220. The van der Waals surface area contributed by atoms with Crippen molar-refractivity contribution in [2.45, 2.75) is 18.9 Å². The van der Waals surface area contributed by atoms with Crippen LogP contribution in [0, 0.1) is 5.92 Å². The molecule has 0 amide bonds. The van der Waals surface area contributed by atoms with Crippen molar-refractivity contribution in [2.24, 2.45) is 10.9 Å². The molecule has 1 aliphatic rings. The molecule has 7 heteroatoms.